The minimum Gasteiger partial charge on any atom is -0.381 e. The zero-order chi connectivity index (χ0) is 13.0. The molecule has 100 valence electrons. The van der Waals surface area contributed by atoms with E-state index in [-0.39, 0.29) is 11.6 Å². The lowest BCUT2D eigenvalue weighted by Gasteiger charge is -2.42. The van der Waals surface area contributed by atoms with Crippen LogP contribution in [0.15, 0.2) is 24.3 Å². The van der Waals surface area contributed by atoms with Crippen LogP contribution in [0.3, 0.4) is 0 Å². The Morgan fingerprint density at radius 3 is 2.39 bits per heavy atom. The van der Waals surface area contributed by atoms with E-state index in [1.54, 1.807) is 7.11 Å². The average Bonchev–Trinajstić information content (AvgIpc) is 2.43. The van der Waals surface area contributed by atoms with Gasteiger partial charge in [0, 0.05) is 38.2 Å². The summed E-state index contributed by atoms with van der Waals surface area (Å²) in [7, 11) is 3.75. The number of ether oxygens (including phenoxy) is 2. The van der Waals surface area contributed by atoms with Crippen LogP contribution in [0.1, 0.15) is 24.4 Å². The molecule has 2 rings (SSSR count). The van der Waals surface area contributed by atoms with E-state index in [9.17, 15) is 0 Å². The van der Waals surface area contributed by atoms with E-state index in [1.165, 1.54) is 5.56 Å². The molecular formula is C14H20ClNO2. The van der Waals surface area contributed by atoms with Crippen LogP contribution in [0.5, 0.6) is 0 Å². The third-order valence-electron chi connectivity index (χ3n) is 3.76. The van der Waals surface area contributed by atoms with Crippen LogP contribution >= 0.6 is 11.6 Å². The quantitative estimate of drug-likeness (QED) is 0.912. The smallest absolute Gasteiger partial charge is 0.0916 e. The molecule has 0 aromatic heterocycles. The van der Waals surface area contributed by atoms with Gasteiger partial charge >= 0.3 is 0 Å². The molecule has 1 aromatic rings. The Kier molecular flexibility index (Phi) is 4.62. The maximum atomic E-state index is 5.94. The minimum absolute atomic E-state index is 0.156. The van der Waals surface area contributed by atoms with Crippen molar-refractivity contribution in [1.29, 1.82) is 0 Å². The van der Waals surface area contributed by atoms with Crippen molar-refractivity contribution >= 4 is 11.6 Å². The molecular weight excluding hydrogens is 250 g/mol. The highest BCUT2D eigenvalue weighted by Gasteiger charge is 2.40. The van der Waals surface area contributed by atoms with Crippen molar-refractivity contribution in [2.45, 2.75) is 24.5 Å². The van der Waals surface area contributed by atoms with E-state index in [4.69, 9.17) is 21.1 Å². The van der Waals surface area contributed by atoms with E-state index in [2.05, 4.69) is 17.4 Å². The fraction of sp³-hybridized carbons (Fsp3) is 0.571. The van der Waals surface area contributed by atoms with E-state index < -0.39 is 0 Å². The molecule has 18 heavy (non-hydrogen) atoms. The van der Waals surface area contributed by atoms with Crippen molar-refractivity contribution in [3.8, 4) is 0 Å². The van der Waals surface area contributed by atoms with Gasteiger partial charge in [0.1, 0.15) is 0 Å². The molecule has 1 atom stereocenters. The lowest BCUT2D eigenvalue weighted by molar-refractivity contribution is -0.110. The fourth-order valence-electron chi connectivity index (χ4n) is 2.72. The van der Waals surface area contributed by atoms with Crippen molar-refractivity contribution < 1.29 is 9.47 Å². The average molecular weight is 270 g/mol. The molecule has 1 heterocycles. The zero-order valence-corrected chi connectivity index (χ0v) is 11.7. The lowest BCUT2D eigenvalue weighted by atomic mass is 9.82. The molecule has 4 heteroatoms. The van der Waals surface area contributed by atoms with Gasteiger partial charge in [-0.1, -0.05) is 23.7 Å². The predicted molar refractivity (Wildman–Crippen MR) is 73.0 cm³/mol. The summed E-state index contributed by atoms with van der Waals surface area (Å²) in [6.07, 6.45) is 1.80. The SMILES string of the molecule is CNC(c1ccc(Cl)cc1)C1(OC)CCOCC1. The molecule has 1 fully saturated rings. The summed E-state index contributed by atoms with van der Waals surface area (Å²) in [5.74, 6) is 0. The number of methoxy groups -OCH3 is 1. The number of likely N-dealkylation sites (N-methyl/N-ethyl adjacent to an activating group) is 1. The van der Waals surface area contributed by atoms with Gasteiger partial charge in [0.15, 0.2) is 0 Å². The number of hydrogen-bond donors (Lipinski definition) is 1. The third kappa shape index (κ3) is 2.69. The Labute approximate surface area is 113 Å². The first-order chi connectivity index (χ1) is 8.72. The van der Waals surface area contributed by atoms with Gasteiger partial charge < -0.3 is 14.8 Å². The second-order valence-corrected chi connectivity index (χ2v) is 5.09. The second kappa shape index (κ2) is 6.02. The Bertz CT molecular complexity index is 374. The predicted octanol–water partition coefficient (Wildman–Crippen LogP) is 2.80. The molecule has 0 bridgehead atoms. The largest absolute Gasteiger partial charge is 0.381 e. The maximum Gasteiger partial charge on any atom is 0.0916 e. The van der Waals surface area contributed by atoms with Gasteiger partial charge in [-0.15, -0.1) is 0 Å². The number of benzene rings is 1. The molecule has 0 spiro atoms. The first-order valence-electron chi connectivity index (χ1n) is 6.27. The maximum absolute atomic E-state index is 5.94. The number of nitrogens with one attached hydrogen (secondary N) is 1. The Hall–Kier alpha value is -0.610. The lowest BCUT2D eigenvalue weighted by Crippen LogP contribution is -2.48. The van der Waals surface area contributed by atoms with E-state index in [1.807, 2.05) is 19.2 Å². The zero-order valence-electron chi connectivity index (χ0n) is 10.9. The van der Waals surface area contributed by atoms with Crippen molar-refractivity contribution in [3.63, 3.8) is 0 Å². The molecule has 3 nitrogen and oxygen atoms in total. The summed E-state index contributed by atoms with van der Waals surface area (Å²) in [4.78, 5) is 0. The van der Waals surface area contributed by atoms with Crippen LogP contribution in [-0.4, -0.2) is 33.0 Å². The van der Waals surface area contributed by atoms with Gasteiger partial charge in [0.25, 0.3) is 0 Å². The van der Waals surface area contributed by atoms with Crippen LogP contribution in [0, 0.1) is 0 Å². The van der Waals surface area contributed by atoms with Crippen LogP contribution in [0.25, 0.3) is 0 Å². The summed E-state index contributed by atoms with van der Waals surface area (Å²) in [5, 5.41) is 4.13. The molecule has 1 N–H and O–H groups in total. The molecule has 1 saturated heterocycles. The first-order valence-corrected chi connectivity index (χ1v) is 6.65. The van der Waals surface area contributed by atoms with Crippen LogP contribution in [-0.2, 0) is 9.47 Å². The minimum atomic E-state index is -0.194. The number of halogens is 1. The highest BCUT2D eigenvalue weighted by molar-refractivity contribution is 6.30. The highest BCUT2D eigenvalue weighted by Crippen LogP contribution is 2.37. The number of rotatable bonds is 4. The van der Waals surface area contributed by atoms with E-state index >= 15 is 0 Å². The highest BCUT2D eigenvalue weighted by atomic mass is 35.5. The second-order valence-electron chi connectivity index (χ2n) is 4.65. The van der Waals surface area contributed by atoms with Gasteiger partial charge in [-0.05, 0) is 24.7 Å². The fourth-order valence-corrected chi connectivity index (χ4v) is 2.84. The van der Waals surface area contributed by atoms with Crippen molar-refractivity contribution in [3.05, 3.63) is 34.9 Å². The van der Waals surface area contributed by atoms with E-state index in [0.29, 0.717) is 0 Å². The summed E-state index contributed by atoms with van der Waals surface area (Å²) in [6.45, 7) is 1.50. The molecule has 0 saturated carbocycles. The molecule has 1 unspecified atom stereocenters. The molecule has 0 amide bonds. The van der Waals surface area contributed by atoms with Crippen molar-refractivity contribution in [2.75, 3.05) is 27.4 Å². The van der Waals surface area contributed by atoms with Crippen molar-refractivity contribution in [2.24, 2.45) is 0 Å². The third-order valence-corrected chi connectivity index (χ3v) is 4.02. The molecule has 1 aliphatic rings. The molecule has 0 aliphatic carbocycles. The van der Waals surface area contributed by atoms with Gasteiger partial charge in [-0.25, -0.2) is 0 Å². The summed E-state index contributed by atoms with van der Waals surface area (Å²) >= 11 is 5.94. The van der Waals surface area contributed by atoms with Gasteiger partial charge in [-0.3, -0.25) is 0 Å². The molecule has 0 radical (unpaired) electrons. The Morgan fingerprint density at radius 1 is 1.28 bits per heavy atom. The monoisotopic (exact) mass is 269 g/mol. The molecule has 1 aliphatic heterocycles. The van der Waals surface area contributed by atoms with Gasteiger partial charge in [0.05, 0.1) is 11.6 Å². The molecule has 1 aromatic carbocycles. The normalized spacial score (nSPS) is 20.6. The number of hydrogen-bond acceptors (Lipinski definition) is 3. The van der Waals surface area contributed by atoms with Crippen LogP contribution < -0.4 is 5.32 Å². The van der Waals surface area contributed by atoms with Gasteiger partial charge in [-0.2, -0.15) is 0 Å². The summed E-state index contributed by atoms with van der Waals surface area (Å²) in [5.41, 5.74) is 1.01. The van der Waals surface area contributed by atoms with Crippen LogP contribution in [0.2, 0.25) is 5.02 Å². The summed E-state index contributed by atoms with van der Waals surface area (Å²) < 4.78 is 11.3. The first kappa shape index (κ1) is 13.8. The summed E-state index contributed by atoms with van der Waals surface area (Å²) in [6, 6.07) is 8.11. The Balaban J connectivity index is 2.27. The van der Waals surface area contributed by atoms with Crippen molar-refractivity contribution in [1.82, 2.24) is 5.32 Å². The topological polar surface area (TPSA) is 30.5 Å². The Morgan fingerprint density at radius 2 is 1.89 bits per heavy atom. The standard InChI is InChI=1S/C14H20ClNO2/c1-16-13(11-3-5-12(15)6-4-11)14(17-2)7-9-18-10-8-14/h3-6,13,16H,7-10H2,1-2H3. The van der Waals surface area contributed by atoms with E-state index in [0.717, 1.165) is 31.1 Å². The van der Waals surface area contributed by atoms with Crippen LogP contribution in [0.4, 0.5) is 0 Å². The van der Waals surface area contributed by atoms with Gasteiger partial charge in [0.2, 0.25) is 0 Å².